The van der Waals surface area contributed by atoms with Crippen molar-refractivity contribution in [3.05, 3.63) is 0 Å². The van der Waals surface area contributed by atoms with Crippen LogP contribution in [-0.4, -0.2) is 24.2 Å². The molecule has 1 nitrogen and oxygen atoms in total. The summed E-state index contributed by atoms with van der Waals surface area (Å²) in [6.07, 6.45) is -4.46. The first-order chi connectivity index (χ1) is 5.95. The van der Waals surface area contributed by atoms with Crippen molar-refractivity contribution in [2.45, 2.75) is 25.9 Å². The first-order valence-corrected chi connectivity index (χ1v) is 5.45. The highest BCUT2D eigenvalue weighted by Gasteiger charge is 2.25. The van der Waals surface area contributed by atoms with E-state index in [1.807, 2.05) is 6.92 Å². The van der Waals surface area contributed by atoms with Gasteiger partial charge in [-0.15, -0.1) is 0 Å². The van der Waals surface area contributed by atoms with Gasteiger partial charge >= 0.3 is 6.18 Å². The molecule has 0 aliphatic carbocycles. The monoisotopic (exact) mass is 215 g/mol. The Balaban J connectivity index is 3.18. The summed E-state index contributed by atoms with van der Waals surface area (Å²) in [5.41, 5.74) is 5.36. The van der Waals surface area contributed by atoms with Gasteiger partial charge in [0.05, 0.1) is 0 Å². The van der Waals surface area contributed by atoms with E-state index in [-0.39, 0.29) is 6.42 Å². The smallest absolute Gasteiger partial charge is 0.330 e. The van der Waals surface area contributed by atoms with Crippen LogP contribution in [0.5, 0.6) is 0 Å². The molecule has 80 valence electrons. The molecule has 0 saturated carbocycles. The molecule has 2 N–H and O–H groups in total. The number of alkyl halides is 3. The molecule has 0 bridgehead atoms. The molecule has 0 radical (unpaired) electrons. The number of thioether (sulfide) groups is 1. The van der Waals surface area contributed by atoms with Crippen molar-refractivity contribution in [2.24, 2.45) is 11.7 Å². The van der Waals surface area contributed by atoms with Crippen molar-refractivity contribution in [3.8, 4) is 0 Å². The summed E-state index contributed by atoms with van der Waals surface area (Å²) < 4.78 is 35.0. The van der Waals surface area contributed by atoms with Crippen LogP contribution in [0.3, 0.4) is 0 Å². The van der Waals surface area contributed by atoms with E-state index in [1.54, 1.807) is 11.8 Å². The summed E-state index contributed by atoms with van der Waals surface area (Å²) in [6.45, 7) is 2.60. The van der Waals surface area contributed by atoms with E-state index < -0.39 is 12.6 Å². The molecule has 0 fully saturated rings. The molecular weight excluding hydrogens is 199 g/mol. The molecule has 0 heterocycles. The lowest BCUT2D eigenvalue weighted by atomic mass is 10.2. The Kier molecular flexibility index (Phi) is 6.59. The van der Waals surface area contributed by atoms with E-state index in [0.29, 0.717) is 18.2 Å². The van der Waals surface area contributed by atoms with Crippen LogP contribution < -0.4 is 5.73 Å². The second kappa shape index (κ2) is 6.54. The van der Waals surface area contributed by atoms with Crippen molar-refractivity contribution >= 4 is 11.8 Å². The fourth-order valence-electron chi connectivity index (χ4n) is 0.727. The molecule has 0 aromatic carbocycles. The molecular formula is C8H16F3NS. The third kappa shape index (κ3) is 10.0. The Hall–Kier alpha value is 0.100. The largest absolute Gasteiger partial charge is 0.389 e. The SMILES string of the molecule is CC(CN)CSCCCC(F)(F)F. The molecule has 13 heavy (non-hydrogen) atoms. The van der Waals surface area contributed by atoms with Crippen LogP contribution in [0.15, 0.2) is 0 Å². The zero-order chi connectivity index (χ0) is 10.3. The molecule has 1 atom stereocenters. The highest BCUT2D eigenvalue weighted by atomic mass is 32.2. The van der Waals surface area contributed by atoms with Crippen LogP contribution >= 0.6 is 11.8 Å². The number of rotatable bonds is 6. The van der Waals surface area contributed by atoms with Gasteiger partial charge in [0.2, 0.25) is 0 Å². The minimum Gasteiger partial charge on any atom is -0.330 e. The van der Waals surface area contributed by atoms with Gasteiger partial charge in [0.15, 0.2) is 0 Å². The Morgan fingerprint density at radius 2 is 2.00 bits per heavy atom. The predicted molar refractivity (Wildman–Crippen MR) is 50.8 cm³/mol. The number of halogens is 3. The minimum atomic E-state index is -4.00. The fourth-order valence-corrected chi connectivity index (χ4v) is 1.78. The van der Waals surface area contributed by atoms with Crippen LogP contribution in [-0.2, 0) is 0 Å². The molecule has 0 aliphatic rings. The third-order valence-electron chi connectivity index (χ3n) is 1.55. The summed E-state index contributed by atoms with van der Waals surface area (Å²) in [5.74, 6) is 1.83. The van der Waals surface area contributed by atoms with Crippen LogP contribution in [0.2, 0.25) is 0 Å². The highest BCUT2D eigenvalue weighted by molar-refractivity contribution is 7.99. The van der Waals surface area contributed by atoms with E-state index in [0.717, 1.165) is 5.75 Å². The standard InChI is InChI=1S/C8H16F3NS/c1-7(5-12)6-13-4-2-3-8(9,10)11/h7H,2-6,12H2,1H3. The van der Waals surface area contributed by atoms with Gasteiger partial charge in [-0.1, -0.05) is 6.92 Å². The number of hydrogen-bond donors (Lipinski definition) is 1. The van der Waals surface area contributed by atoms with E-state index in [4.69, 9.17) is 5.73 Å². The lowest BCUT2D eigenvalue weighted by Crippen LogP contribution is -2.13. The van der Waals surface area contributed by atoms with Crippen LogP contribution in [0.4, 0.5) is 13.2 Å². The molecule has 0 saturated heterocycles. The molecule has 0 amide bonds. The van der Waals surface area contributed by atoms with E-state index in [2.05, 4.69) is 0 Å². The Morgan fingerprint density at radius 3 is 2.46 bits per heavy atom. The Labute approximate surface area is 81.3 Å². The lowest BCUT2D eigenvalue weighted by molar-refractivity contribution is -0.134. The zero-order valence-corrected chi connectivity index (χ0v) is 8.55. The average Bonchev–Trinajstić information content (AvgIpc) is 2.01. The van der Waals surface area contributed by atoms with Gasteiger partial charge in [-0.3, -0.25) is 0 Å². The van der Waals surface area contributed by atoms with Gasteiger partial charge in [0.1, 0.15) is 0 Å². The Morgan fingerprint density at radius 1 is 1.38 bits per heavy atom. The molecule has 5 heteroatoms. The van der Waals surface area contributed by atoms with E-state index in [1.165, 1.54) is 0 Å². The van der Waals surface area contributed by atoms with Crippen molar-refractivity contribution in [1.82, 2.24) is 0 Å². The molecule has 0 spiro atoms. The molecule has 0 aliphatic heterocycles. The van der Waals surface area contributed by atoms with Crippen molar-refractivity contribution < 1.29 is 13.2 Å². The topological polar surface area (TPSA) is 26.0 Å². The second-order valence-corrected chi connectivity index (χ2v) is 4.28. The first kappa shape index (κ1) is 13.1. The minimum absolute atomic E-state index is 0.214. The van der Waals surface area contributed by atoms with Gasteiger partial charge in [-0.2, -0.15) is 24.9 Å². The maximum Gasteiger partial charge on any atom is 0.389 e. The molecule has 0 aromatic rings. The first-order valence-electron chi connectivity index (χ1n) is 4.30. The van der Waals surface area contributed by atoms with Crippen LogP contribution in [0, 0.1) is 5.92 Å². The number of hydrogen-bond acceptors (Lipinski definition) is 2. The molecule has 0 rings (SSSR count). The van der Waals surface area contributed by atoms with Gasteiger partial charge in [0, 0.05) is 6.42 Å². The lowest BCUT2D eigenvalue weighted by Gasteiger charge is -2.08. The molecule has 0 aromatic heterocycles. The average molecular weight is 215 g/mol. The van der Waals surface area contributed by atoms with Crippen molar-refractivity contribution in [3.63, 3.8) is 0 Å². The molecule has 1 unspecified atom stereocenters. The van der Waals surface area contributed by atoms with Crippen molar-refractivity contribution in [1.29, 1.82) is 0 Å². The second-order valence-electron chi connectivity index (χ2n) is 3.13. The van der Waals surface area contributed by atoms with Crippen LogP contribution in [0.25, 0.3) is 0 Å². The van der Waals surface area contributed by atoms with Gasteiger partial charge in [-0.05, 0) is 30.4 Å². The third-order valence-corrected chi connectivity index (χ3v) is 2.94. The quantitative estimate of drug-likeness (QED) is 0.689. The summed E-state index contributed by atoms with van der Waals surface area (Å²) in [6, 6.07) is 0. The van der Waals surface area contributed by atoms with Gasteiger partial charge in [-0.25, -0.2) is 0 Å². The van der Waals surface area contributed by atoms with Gasteiger partial charge < -0.3 is 5.73 Å². The van der Waals surface area contributed by atoms with Crippen LogP contribution in [0.1, 0.15) is 19.8 Å². The van der Waals surface area contributed by atoms with Crippen molar-refractivity contribution in [2.75, 3.05) is 18.1 Å². The predicted octanol–water partition coefficient (Wildman–Crippen LogP) is 2.66. The number of nitrogens with two attached hydrogens (primary N) is 1. The maximum absolute atomic E-state index is 11.7. The van der Waals surface area contributed by atoms with Gasteiger partial charge in [0.25, 0.3) is 0 Å². The summed E-state index contributed by atoms with van der Waals surface area (Å²) in [4.78, 5) is 0. The van der Waals surface area contributed by atoms with E-state index in [9.17, 15) is 13.2 Å². The normalized spacial score (nSPS) is 14.5. The zero-order valence-electron chi connectivity index (χ0n) is 7.73. The van der Waals surface area contributed by atoms with E-state index >= 15 is 0 Å². The highest BCUT2D eigenvalue weighted by Crippen LogP contribution is 2.22. The summed E-state index contributed by atoms with van der Waals surface area (Å²) in [7, 11) is 0. The maximum atomic E-state index is 11.7. The summed E-state index contributed by atoms with van der Waals surface area (Å²) >= 11 is 1.55. The Bertz CT molecular complexity index is 127. The summed E-state index contributed by atoms with van der Waals surface area (Å²) in [5, 5.41) is 0. The fraction of sp³-hybridized carbons (Fsp3) is 1.00.